The second-order valence-corrected chi connectivity index (χ2v) is 8.33. The average molecular weight is 459 g/mol. The van der Waals surface area contributed by atoms with Crippen LogP contribution in [0.2, 0.25) is 5.02 Å². The molecule has 0 aliphatic rings. The van der Waals surface area contributed by atoms with Gasteiger partial charge < -0.3 is 5.73 Å². The van der Waals surface area contributed by atoms with Crippen molar-refractivity contribution >= 4 is 60.6 Å². The summed E-state index contributed by atoms with van der Waals surface area (Å²) in [6.45, 7) is 0. The van der Waals surface area contributed by atoms with E-state index in [2.05, 4.69) is 25.9 Å². The van der Waals surface area contributed by atoms with Crippen LogP contribution in [-0.4, -0.2) is 15.8 Å². The molecule has 0 aliphatic heterocycles. The topological polar surface area (TPSA) is 68.9 Å². The summed E-state index contributed by atoms with van der Waals surface area (Å²) in [6, 6.07) is 15.0. The molecule has 1 aromatic carbocycles. The number of anilines is 1. The van der Waals surface area contributed by atoms with E-state index in [4.69, 9.17) is 17.3 Å². The highest BCUT2D eigenvalue weighted by molar-refractivity contribution is 9.10. The Morgan fingerprint density at radius 3 is 2.52 bits per heavy atom. The molecule has 4 aromatic rings. The second kappa shape index (κ2) is 7.38. The predicted molar refractivity (Wildman–Crippen MR) is 114 cm³/mol. The van der Waals surface area contributed by atoms with Gasteiger partial charge in [-0.1, -0.05) is 39.7 Å². The van der Waals surface area contributed by atoms with Crippen LogP contribution >= 0.6 is 38.9 Å². The van der Waals surface area contributed by atoms with Crippen LogP contribution < -0.4 is 5.73 Å². The summed E-state index contributed by atoms with van der Waals surface area (Å²) in [6.07, 6.45) is 1.88. The molecule has 3 heterocycles. The van der Waals surface area contributed by atoms with Gasteiger partial charge in [-0.25, -0.2) is 4.98 Å². The zero-order valence-electron chi connectivity index (χ0n) is 13.9. The fraction of sp³-hybridized carbons (Fsp3) is 0.0500. The molecular formula is C20H13BrClN3OS. The number of rotatable bonds is 4. The monoisotopic (exact) mass is 457 g/mol. The largest absolute Gasteiger partial charge is 0.397 e. The highest BCUT2D eigenvalue weighted by Crippen LogP contribution is 2.34. The third kappa shape index (κ3) is 3.74. The molecule has 0 radical (unpaired) electrons. The van der Waals surface area contributed by atoms with Crippen molar-refractivity contribution in [3.8, 4) is 11.4 Å². The van der Waals surface area contributed by atoms with Gasteiger partial charge in [0.25, 0.3) is 0 Å². The fourth-order valence-corrected chi connectivity index (χ4v) is 4.15. The summed E-state index contributed by atoms with van der Waals surface area (Å²) in [4.78, 5) is 22.9. The van der Waals surface area contributed by atoms with Crippen molar-refractivity contribution in [3.63, 3.8) is 0 Å². The summed E-state index contributed by atoms with van der Waals surface area (Å²) in [5, 5.41) is 1.36. The van der Waals surface area contributed by atoms with Crippen LogP contribution in [0.3, 0.4) is 0 Å². The van der Waals surface area contributed by atoms with Crippen molar-refractivity contribution in [2.45, 2.75) is 6.42 Å². The molecule has 0 saturated carbocycles. The number of hydrogen-bond donors (Lipinski definition) is 1. The number of fused-ring (bicyclic) bond motifs is 1. The van der Waals surface area contributed by atoms with Gasteiger partial charge in [0, 0.05) is 22.5 Å². The van der Waals surface area contributed by atoms with Crippen LogP contribution in [0.1, 0.15) is 15.2 Å². The Bertz CT molecular complexity index is 1140. The number of carbonyl (C=O) groups is 1. The van der Waals surface area contributed by atoms with E-state index in [1.807, 2.05) is 42.5 Å². The number of ketones is 1. The maximum absolute atomic E-state index is 12.7. The standard InChI is InChI=1S/C20H13BrClN3OS/c21-12-3-1-11(2-4-12)9-17(26)19-18(23)14-6-8-16(25-20(14)27-19)15-7-5-13(22)10-24-15/h1-8,10H,9,23H2. The van der Waals surface area contributed by atoms with E-state index >= 15 is 0 Å². The van der Waals surface area contributed by atoms with Crippen LogP contribution in [0.25, 0.3) is 21.6 Å². The van der Waals surface area contributed by atoms with Crippen molar-refractivity contribution in [1.29, 1.82) is 0 Å². The number of aromatic nitrogens is 2. The summed E-state index contributed by atoms with van der Waals surface area (Å²) in [7, 11) is 0. The molecular weight excluding hydrogens is 446 g/mol. The number of halogens is 2. The average Bonchev–Trinajstić information content (AvgIpc) is 3.00. The van der Waals surface area contributed by atoms with Crippen molar-refractivity contribution in [3.05, 3.63) is 74.7 Å². The summed E-state index contributed by atoms with van der Waals surface area (Å²) >= 11 is 10.6. The summed E-state index contributed by atoms with van der Waals surface area (Å²) in [5.41, 5.74) is 9.10. The van der Waals surface area contributed by atoms with E-state index in [-0.39, 0.29) is 5.78 Å². The van der Waals surface area contributed by atoms with E-state index in [1.165, 1.54) is 11.3 Å². The molecule has 3 aromatic heterocycles. The highest BCUT2D eigenvalue weighted by atomic mass is 79.9. The van der Waals surface area contributed by atoms with Crippen LogP contribution in [-0.2, 0) is 6.42 Å². The Labute approximate surface area is 173 Å². The quantitative estimate of drug-likeness (QED) is 0.393. The van der Waals surface area contributed by atoms with Crippen molar-refractivity contribution in [1.82, 2.24) is 9.97 Å². The molecule has 0 saturated heterocycles. The third-order valence-corrected chi connectivity index (χ3v) is 6.02. The Morgan fingerprint density at radius 1 is 1.07 bits per heavy atom. The zero-order chi connectivity index (χ0) is 19.0. The predicted octanol–water partition coefficient (Wildman–Crippen LogP) is 5.78. The van der Waals surface area contributed by atoms with E-state index in [0.717, 1.165) is 25.9 Å². The van der Waals surface area contributed by atoms with Crippen molar-refractivity contribution in [2.75, 3.05) is 5.73 Å². The lowest BCUT2D eigenvalue weighted by atomic mass is 10.1. The van der Waals surface area contributed by atoms with E-state index in [1.54, 1.807) is 12.3 Å². The van der Waals surface area contributed by atoms with Gasteiger partial charge in [0.1, 0.15) is 4.83 Å². The molecule has 7 heteroatoms. The fourth-order valence-electron chi connectivity index (χ4n) is 2.74. The minimum atomic E-state index is -0.0102. The van der Waals surface area contributed by atoms with E-state index in [0.29, 0.717) is 27.7 Å². The lowest BCUT2D eigenvalue weighted by Crippen LogP contribution is -2.03. The molecule has 4 rings (SSSR count). The first-order valence-corrected chi connectivity index (χ1v) is 10.1. The number of hydrogen-bond acceptors (Lipinski definition) is 5. The zero-order valence-corrected chi connectivity index (χ0v) is 17.1. The normalized spacial score (nSPS) is 11.0. The minimum Gasteiger partial charge on any atom is -0.397 e. The number of pyridine rings is 2. The summed E-state index contributed by atoms with van der Waals surface area (Å²) in [5.74, 6) is -0.0102. The second-order valence-electron chi connectivity index (χ2n) is 5.98. The van der Waals surface area contributed by atoms with Crippen molar-refractivity contribution < 1.29 is 4.79 Å². The molecule has 2 N–H and O–H groups in total. The van der Waals surface area contributed by atoms with Crippen LogP contribution in [0, 0.1) is 0 Å². The first kappa shape index (κ1) is 18.1. The smallest absolute Gasteiger partial charge is 0.179 e. The molecule has 134 valence electrons. The number of carbonyl (C=O) groups excluding carboxylic acids is 1. The summed E-state index contributed by atoms with van der Waals surface area (Å²) < 4.78 is 0.979. The van der Waals surface area contributed by atoms with Crippen molar-refractivity contribution in [2.24, 2.45) is 0 Å². The molecule has 0 atom stereocenters. The van der Waals surface area contributed by atoms with Gasteiger partial charge in [-0.3, -0.25) is 9.78 Å². The Morgan fingerprint density at radius 2 is 1.81 bits per heavy atom. The van der Waals surface area contributed by atoms with E-state index in [9.17, 15) is 4.79 Å². The van der Waals surface area contributed by atoms with Gasteiger partial charge in [-0.05, 0) is 42.0 Å². The SMILES string of the molecule is Nc1c(C(=O)Cc2ccc(Br)cc2)sc2nc(-c3ccc(Cl)cn3)ccc12. The molecule has 0 unspecified atom stereocenters. The molecule has 27 heavy (non-hydrogen) atoms. The lowest BCUT2D eigenvalue weighted by molar-refractivity contribution is 0.0997. The number of nitrogens with two attached hydrogens (primary N) is 1. The van der Waals surface area contributed by atoms with Gasteiger partial charge in [-0.15, -0.1) is 11.3 Å². The van der Waals surface area contributed by atoms with E-state index < -0.39 is 0 Å². The third-order valence-electron chi connectivity index (χ3n) is 4.11. The molecule has 0 bridgehead atoms. The molecule has 0 amide bonds. The maximum Gasteiger partial charge on any atom is 0.179 e. The Balaban J connectivity index is 1.67. The van der Waals surface area contributed by atoms with Gasteiger partial charge in [-0.2, -0.15) is 0 Å². The van der Waals surface area contributed by atoms with Gasteiger partial charge in [0.2, 0.25) is 0 Å². The lowest BCUT2D eigenvalue weighted by Gasteiger charge is -2.01. The molecule has 0 fully saturated rings. The number of nitrogen functional groups attached to an aromatic ring is 1. The van der Waals surface area contributed by atoms with Crippen LogP contribution in [0.5, 0.6) is 0 Å². The van der Waals surface area contributed by atoms with Crippen LogP contribution in [0.4, 0.5) is 5.69 Å². The Hall–Kier alpha value is -2.28. The number of nitrogens with zero attached hydrogens (tertiary/aromatic N) is 2. The van der Waals surface area contributed by atoms with Gasteiger partial charge in [0.15, 0.2) is 5.78 Å². The minimum absolute atomic E-state index is 0.0102. The highest BCUT2D eigenvalue weighted by Gasteiger charge is 2.18. The van der Waals surface area contributed by atoms with Gasteiger partial charge in [0.05, 0.1) is 27.0 Å². The maximum atomic E-state index is 12.7. The molecule has 4 nitrogen and oxygen atoms in total. The number of Topliss-reactive ketones (excluding diaryl/α,β-unsaturated/α-hetero) is 1. The molecule has 0 spiro atoms. The number of benzene rings is 1. The Kier molecular flexibility index (Phi) is 4.95. The van der Waals surface area contributed by atoms with Gasteiger partial charge >= 0.3 is 0 Å². The first-order chi connectivity index (χ1) is 13.0. The van der Waals surface area contributed by atoms with Crippen LogP contribution in [0.15, 0.2) is 59.2 Å². The number of thiophene rings is 1. The first-order valence-electron chi connectivity index (χ1n) is 8.10. The molecule has 0 aliphatic carbocycles.